The minimum Gasteiger partial charge on any atom is -0.449 e. The highest BCUT2D eigenvalue weighted by Crippen LogP contribution is 2.37. The maximum atomic E-state index is 6.09. The van der Waals surface area contributed by atoms with Crippen LogP contribution in [0.25, 0.3) is 0 Å². The molecule has 0 saturated heterocycles. The van der Waals surface area contributed by atoms with E-state index in [9.17, 15) is 0 Å². The highest BCUT2D eigenvalue weighted by Gasteiger charge is 2.20. The van der Waals surface area contributed by atoms with Crippen LogP contribution >= 0.6 is 23.2 Å². The number of halogens is 2. The highest BCUT2D eigenvalue weighted by molar-refractivity contribution is 6.42. The molecule has 0 bridgehead atoms. The standard InChI is InChI=1S/C14H15Cl2NO/c1-14(2,3)9-7-10(15)11(16)8-12(9)17-13-5-4-6-18-13/h4-8,17H,1-3H3. The summed E-state index contributed by atoms with van der Waals surface area (Å²) in [5.41, 5.74) is 1.96. The molecule has 0 aliphatic rings. The van der Waals surface area contributed by atoms with Crippen molar-refractivity contribution in [2.24, 2.45) is 0 Å². The van der Waals surface area contributed by atoms with Gasteiger partial charge in [0.25, 0.3) is 0 Å². The normalized spacial score (nSPS) is 11.6. The van der Waals surface area contributed by atoms with Crippen molar-refractivity contribution in [3.05, 3.63) is 46.1 Å². The number of rotatable bonds is 2. The van der Waals surface area contributed by atoms with Crippen LogP contribution in [0.15, 0.2) is 34.9 Å². The lowest BCUT2D eigenvalue weighted by Gasteiger charge is -2.23. The first-order chi connectivity index (χ1) is 8.38. The molecule has 18 heavy (non-hydrogen) atoms. The minimum atomic E-state index is -0.0385. The molecule has 2 rings (SSSR count). The Morgan fingerprint density at radius 1 is 1.11 bits per heavy atom. The van der Waals surface area contributed by atoms with Gasteiger partial charge in [0.15, 0.2) is 5.88 Å². The van der Waals surface area contributed by atoms with Crippen LogP contribution in [-0.4, -0.2) is 0 Å². The van der Waals surface area contributed by atoms with Crippen LogP contribution in [0, 0.1) is 0 Å². The molecule has 4 heteroatoms. The molecule has 2 aromatic rings. The first-order valence-corrected chi connectivity index (χ1v) is 6.43. The zero-order valence-electron chi connectivity index (χ0n) is 10.6. The van der Waals surface area contributed by atoms with Crippen molar-refractivity contribution in [1.82, 2.24) is 0 Å². The summed E-state index contributed by atoms with van der Waals surface area (Å²) in [6.07, 6.45) is 1.62. The fourth-order valence-electron chi connectivity index (χ4n) is 1.75. The predicted molar refractivity (Wildman–Crippen MR) is 77.2 cm³/mol. The molecule has 1 N–H and O–H groups in total. The molecule has 2 nitrogen and oxygen atoms in total. The van der Waals surface area contributed by atoms with Crippen molar-refractivity contribution >= 4 is 34.8 Å². The van der Waals surface area contributed by atoms with E-state index in [2.05, 4.69) is 26.1 Å². The van der Waals surface area contributed by atoms with E-state index in [1.165, 1.54) is 0 Å². The molecule has 0 spiro atoms. The lowest BCUT2D eigenvalue weighted by Crippen LogP contribution is -2.13. The van der Waals surface area contributed by atoms with Gasteiger partial charge in [0.2, 0.25) is 0 Å². The summed E-state index contributed by atoms with van der Waals surface area (Å²) in [5.74, 6) is 0.680. The van der Waals surface area contributed by atoms with Crippen LogP contribution in [0.2, 0.25) is 10.0 Å². The minimum absolute atomic E-state index is 0.0385. The van der Waals surface area contributed by atoms with E-state index in [0.717, 1.165) is 11.3 Å². The maximum absolute atomic E-state index is 6.09. The SMILES string of the molecule is CC(C)(C)c1cc(Cl)c(Cl)cc1Nc1ccco1. The Morgan fingerprint density at radius 3 is 2.33 bits per heavy atom. The maximum Gasteiger partial charge on any atom is 0.197 e. The van der Waals surface area contributed by atoms with Crippen LogP contribution in [0.1, 0.15) is 26.3 Å². The van der Waals surface area contributed by atoms with Crippen molar-refractivity contribution in [2.45, 2.75) is 26.2 Å². The van der Waals surface area contributed by atoms with E-state index in [0.29, 0.717) is 15.9 Å². The molecule has 96 valence electrons. The molecular weight excluding hydrogens is 269 g/mol. The number of hydrogen-bond donors (Lipinski definition) is 1. The lowest BCUT2D eigenvalue weighted by atomic mass is 9.86. The van der Waals surface area contributed by atoms with Crippen molar-refractivity contribution in [1.29, 1.82) is 0 Å². The highest BCUT2D eigenvalue weighted by atomic mass is 35.5. The molecule has 0 fully saturated rings. The second-order valence-electron chi connectivity index (χ2n) is 5.16. The molecular formula is C14H15Cl2NO. The number of anilines is 2. The molecule has 1 heterocycles. The zero-order valence-corrected chi connectivity index (χ0v) is 12.1. The van der Waals surface area contributed by atoms with Gasteiger partial charge in [-0.25, -0.2) is 0 Å². The van der Waals surface area contributed by atoms with Crippen molar-refractivity contribution in [3.63, 3.8) is 0 Å². The third kappa shape index (κ3) is 2.82. The predicted octanol–water partition coefficient (Wildman–Crippen LogP) is 5.63. The molecule has 0 atom stereocenters. The second kappa shape index (κ2) is 4.87. The van der Waals surface area contributed by atoms with Gasteiger partial charge in [0.05, 0.1) is 16.3 Å². The third-order valence-corrected chi connectivity index (χ3v) is 3.37. The molecule has 0 radical (unpaired) electrons. The Hall–Kier alpha value is -1.12. The Labute approximate surface area is 117 Å². The van der Waals surface area contributed by atoms with Crippen LogP contribution < -0.4 is 5.32 Å². The van der Waals surface area contributed by atoms with E-state index >= 15 is 0 Å². The molecule has 0 aliphatic carbocycles. The summed E-state index contributed by atoms with van der Waals surface area (Å²) >= 11 is 12.2. The van der Waals surface area contributed by atoms with Gasteiger partial charge in [-0.2, -0.15) is 0 Å². The van der Waals surface area contributed by atoms with E-state index < -0.39 is 0 Å². The van der Waals surface area contributed by atoms with Crippen molar-refractivity contribution in [2.75, 3.05) is 5.32 Å². The van der Waals surface area contributed by atoms with Gasteiger partial charge in [-0.05, 0) is 29.2 Å². The first-order valence-electron chi connectivity index (χ1n) is 5.68. The smallest absolute Gasteiger partial charge is 0.197 e. The fraction of sp³-hybridized carbons (Fsp3) is 0.286. The summed E-state index contributed by atoms with van der Waals surface area (Å²) in [4.78, 5) is 0. The van der Waals surface area contributed by atoms with E-state index in [1.54, 1.807) is 6.26 Å². The summed E-state index contributed by atoms with van der Waals surface area (Å²) in [6.45, 7) is 6.37. The quantitative estimate of drug-likeness (QED) is 0.773. The topological polar surface area (TPSA) is 25.2 Å². The zero-order chi connectivity index (χ0) is 13.3. The number of hydrogen-bond acceptors (Lipinski definition) is 2. The average Bonchev–Trinajstić information content (AvgIpc) is 2.74. The van der Waals surface area contributed by atoms with Gasteiger partial charge >= 0.3 is 0 Å². The van der Waals surface area contributed by atoms with E-state index in [-0.39, 0.29) is 5.41 Å². The van der Waals surface area contributed by atoms with E-state index in [1.807, 2.05) is 24.3 Å². The van der Waals surface area contributed by atoms with Gasteiger partial charge in [0, 0.05) is 11.8 Å². The van der Waals surface area contributed by atoms with Gasteiger partial charge < -0.3 is 9.73 Å². The molecule has 0 aliphatic heterocycles. The van der Waals surface area contributed by atoms with Gasteiger partial charge in [-0.15, -0.1) is 0 Å². The summed E-state index contributed by atoms with van der Waals surface area (Å²) < 4.78 is 5.29. The summed E-state index contributed by atoms with van der Waals surface area (Å²) in [7, 11) is 0. The Balaban J connectivity index is 2.47. The second-order valence-corrected chi connectivity index (χ2v) is 5.98. The molecule has 1 aromatic heterocycles. The monoisotopic (exact) mass is 283 g/mol. The number of benzene rings is 1. The lowest BCUT2D eigenvalue weighted by molar-refractivity contribution is 0.579. The van der Waals surface area contributed by atoms with Crippen LogP contribution in [0.5, 0.6) is 0 Å². The molecule has 1 aromatic carbocycles. The first kappa shape index (κ1) is 13.3. The molecule has 0 amide bonds. The Morgan fingerprint density at radius 2 is 1.78 bits per heavy atom. The summed E-state index contributed by atoms with van der Waals surface area (Å²) in [5, 5.41) is 4.31. The van der Waals surface area contributed by atoms with Gasteiger partial charge in [-0.1, -0.05) is 44.0 Å². The van der Waals surface area contributed by atoms with Crippen LogP contribution in [0.3, 0.4) is 0 Å². The van der Waals surface area contributed by atoms with Crippen LogP contribution in [0.4, 0.5) is 11.6 Å². The van der Waals surface area contributed by atoms with Crippen molar-refractivity contribution in [3.8, 4) is 0 Å². The van der Waals surface area contributed by atoms with Crippen molar-refractivity contribution < 1.29 is 4.42 Å². The number of nitrogens with one attached hydrogen (secondary N) is 1. The molecule has 0 saturated carbocycles. The van der Waals surface area contributed by atoms with E-state index in [4.69, 9.17) is 27.6 Å². The molecule has 0 unspecified atom stereocenters. The Kier molecular flexibility index (Phi) is 3.60. The largest absolute Gasteiger partial charge is 0.449 e. The third-order valence-electron chi connectivity index (χ3n) is 2.65. The van der Waals surface area contributed by atoms with Crippen LogP contribution in [-0.2, 0) is 5.41 Å². The number of furan rings is 1. The van der Waals surface area contributed by atoms with Gasteiger partial charge in [-0.3, -0.25) is 0 Å². The van der Waals surface area contributed by atoms with Gasteiger partial charge in [0.1, 0.15) is 0 Å². The summed E-state index contributed by atoms with van der Waals surface area (Å²) in [6, 6.07) is 7.41. The average molecular weight is 284 g/mol. The Bertz CT molecular complexity index is 542. The fourth-order valence-corrected chi connectivity index (χ4v) is 2.08.